The Morgan fingerprint density at radius 3 is 2.42 bits per heavy atom. The van der Waals surface area contributed by atoms with Crippen molar-refractivity contribution in [3.05, 3.63) is 63.7 Å². The van der Waals surface area contributed by atoms with E-state index in [0.29, 0.717) is 11.3 Å². The molecule has 0 aliphatic carbocycles. The Kier molecular flexibility index (Phi) is 6.05. The van der Waals surface area contributed by atoms with Gasteiger partial charge in [-0.3, -0.25) is 14.9 Å². The minimum Gasteiger partial charge on any atom is -0.435 e. The van der Waals surface area contributed by atoms with Gasteiger partial charge in [0.15, 0.2) is 0 Å². The van der Waals surface area contributed by atoms with Crippen LogP contribution in [0.5, 0.6) is 5.75 Å². The quantitative estimate of drug-likeness (QED) is 0.602. The standard InChI is InChI=1S/C17H17F2N3O4/c1-21(2)14-8-5-12(9-15(14)22(24)25)16(23)20-10-11-3-6-13(7-4-11)26-17(18)19/h3-9,17H,10H2,1-2H3,(H,20,23). The highest BCUT2D eigenvalue weighted by Crippen LogP contribution is 2.27. The summed E-state index contributed by atoms with van der Waals surface area (Å²) >= 11 is 0. The molecular formula is C17H17F2N3O4. The van der Waals surface area contributed by atoms with Gasteiger partial charge in [0.1, 0.15) is 11.4 Å². The smallest absolute Gasteiger partial charge is 0.387 e. The van der Waals surface area contributed by atoms with E-state index in [1.807, 2.05) is 0 Å². The zero-order chi connectivity index (χ0) is 19.3. The lowest BCUT2D eigenvalue weighted by Gasteiger charge is -2.13. The number of hydrogen-bond donors (Lipinski definition) is 1. The molecule has 0 aliphatic heterocycles. The van der Waals surface area contributed by atoms with Crippen LogP contribution in [0.4, 0.5) is 20.2 Å². The second kappa shape index (κ2) is 8.24. The maximum absolute atomic E-state index is 12.2. The number of nitro benzene ring substituents is 1. The molecule has 26 heavy (non-hydrogen) atoms. The summed E-state index contributed by atoms with van der Waals surface area (Å²) in [6, 6.07) is 10.0. The van der Waals surface area contributed by atoms with E-state index >= 15 is 0 Å². The molecule has 0 aromatic heterocycles. The lowest BCUT2D eigenvalue weighted by atomic mass is 10.1. The Hall–Kier alpha value is -3.23. The first kappa shape index (κ1) is 19.1. The van der Waals surface area contributed by atoms with E-state index in [2.05, 4.69) is 10.1 Å². The summed E-state index contributed by atoms with van der Waals surface area (Å²) in [4.78, 5) is 24.4. The summed E-state index contributed by atoms with van der Waals surface area (Å²) in [6.45, 7) is -2.77. The number of benzene rings is 2. The summed E-state index contributed by atoms with van der Waals surface area (Å²) in [5.74, 6) is -0.462. The van der Waals surface area contributed by atoms with Crippen molar-refractivity contribution in [2.24, 2.45) is 0 Å². The van der Waals surface area contributed by atoms with Crippen LogP contribution < -0.4 is 15.0 Å². The number of amides is 1. The minimum absolute atomic E-state index is 0.0185. The van der Waals surface area contributed by atoms with Gasteiger partial charge in [-0.05, 0) is 29.8 Å². The predicted octanol–water partition coefficient (Wildman–Crippen LogP) is 3.19. The van der Waals surface area contributed by atoms with Crippen LogP contribution in [-0.2, 0) is 6.54 Å². The number of alkyl halides is 2. The summed E-state index contributed by atoms with van der Waals surface area (Å²) in [6.07, 6.45) is 0. The molecule has 0 radical (unpaired) electrons. The molecule has 1 N–H and O–H groups in total. The summed E-state index contributed by atoms with van der Waals surface area (Å²) < 4.78 is 28.4. The van der Waals surface area contributed by atoms with E-state index in [0.717, 1.165) is 0 Å². The summed E-state index contributed by atoms with van der Waals surface area (Å²) in [7, 11) is 3.34. The monoisotopic (exact) mass is 365 g/mol. The second-order valence-corrected chi connectivity index (χ2v) is 5.56. The van der Waals surface area contributed by atoms with E-state index in [1.54, 1.807) is 19.0 Å². The van der Waals surface area contributed by atoms with Gasteiger partial charge >= 0.3 is 6.61 Å². The molecule has 0 saturated carbocycles. The zero-order valence-corrected chi connectivity index (χ0v) is 14.1. The molecule has 0 unspecified atom stereocenters. The molecule has 138 valence electrons. The van der Waals surface area contributed by atoms with Crippen molar-refractivity contribution in [3.8, 4) is 5.75 Å². The molecule has 0 aliphatic rings. The highest BCUT2D eigenvalue weighted by Gasteiger charge is 2.18. The second-order valence-electron chi connectivity index (χ2n) is 5.56. The third-order valence-corrected chi connectivity index (χ3v) is 3.52. The van der Waals surface area contributed by atoms with Crippen LogP contribution in [0.1, 0.15) is 15.9 Å². The molecule has 0 saturated heterocycles. The van der Waals surface area contributed by atoms with Gasteiger partial charge < -0.3 is 15.0 Å². The highest BCUT2D eigenvalue weighted by molar-refractivity contribution is 5.95. The Morgan fingerprint density at radius 2 is 1.88 bits per heavy atom. The number of nitrogens with one attached hydrogen (secondary N) is 1. The average molecular weight is 365 g/mol. The Bertz CT molecular complexity index is 795. The number of ether oxygens (including phenoxy) is 1. The molecule has 0 spiro atoms. The van der Waals surface area contributed by atoms with Crippen LogP contribution in [-0.4, -0.2) is 31.5 Å². The molecule has 2 aromatic carbocycles. The molecule has 2 aromatic rings. The number of carbonyl (C=O) groups excluding carboxylic acids is 1. The van der Waals surface area contributed by atoms with Crippen molar-refractivity contribution in [2.45, 2.75) is 13.2 Å². The van der Waals surface area contributed by atoms with Crippen molar-refractivity contribution in [2.75, 3.05) is 19.0 Å². The van der Waals surface area contributed by atoms with Gasteiger partial charge in [0.2, 0.25) is 0 Å². The van der Waals surface area contributed by atoms with E-state index in [-0.39, 0.29) is 23.5 Å². The summed E-state index contributed by atoms with van der Waals surface area (Å²) in [5.41, 5.74) is 1.04. The number of carbonyl (C=O) groups is 1. The molecule has 9 heteroatoms. The van der Waals surface area contributed by atoms with Crippen LogP contribution in [0, 0.1) is 10.1 Å². The van der Waals surface area contributed by atoms with Gasteiger partial charge in [0, 0.05) is 32.3 Å². The molecule has 0 heterocycles. The Labute approximate surface area is 148 Å². The zero-order valence-electron chi connectivity index (χ0n) is 14.1. The Morgan fingerprint density at radius 1 is 1.23 bits per heavy atom. The third-order valence-electron chi connectivity index (χ3n) is 3.52. The van der Waals surface area contributed by atoms with Crippen LogP contribution in [0.3, 0.4) is 0 Å². The van der Waals surface area contributed by atoms with Crippen molar-refractivity contribution in [1.82, 2.24) is 5.32 Å². The maximum atomic E-state index is 12.2. The van der Waals surface area contributed by atoms with Gasteiger partial charge in [0.25, 0.3) is 11.6 Å². The number of anilines is 1. The van der Waals surface area contributed by atoms with Crippen molar-refractivity contribution >= 4 is 17.3 Å². The molecule has 2 rings (SSSR count). The molecule has 0 atom stereocenters. The number of halogens is 2. The number of hydrogen-bond acceptors (Lipinski definition) is 5. The van der Waals surface area contributed by atoms with E-state index in [9.17, 15) is 23.7 Å². The lowest BCUT2D eigenvalue weighted by molar-refractivity contribution is -0.384. The maximum Gasteiger partial charge on any atom is 0.387 e. The molecule has 1 amide bonds. The van der Waals surface area contributed by atoms with Crippen LogP contribution in [0.15, 0.2) is 42.5 Å². The van der Waals surface area contributed by atoms with Crippen LogP contribution in [0.2, 0.25) is 0 Å². The molecular weight excluding hydrogens is 348 g/mol. The first-order chi connectivity index (χ1) is 12.3. The van der Waals surface area contributed by atoms with E-state index in [4.69, 9.17) is 0 Å². The average Bonchev–Trinajstić information content (AvgIpc) is 2.59. The SMILES string of the molecule is CN(C)c1ccc(C(=O)NCc2ccc(OC(F)F)cc2)cc1[N+](=O)[O-]. The van der Waals surface area contributed by atoms with Gasteiger partial charge in [0.05, 0.1) is 4.92 Å². The first-order valence-electron chi connectivity index (χ1n) is 7.55. The van der Waals surface area contributed by atoms with Crippen LogP contribution in [0.25, 0.3) is 0 Å². The molecule has 7 nitrogen and oxygen atoms in total. The number of nitrogens with zero attached hydrogens (tertiary/aromatic N) is 2. The highest BCUT2D eigenvalue weighted by atomic mass is 19.3. The number of nitro groups is 1. The summed E-state index contributed by atoms with van der Waals surface area (Å²) in [5, 5.41) is 13.8. The molecule has 0 fully saturated rings. The predicted molar refractivity (Wildman–Crippen MR) is 91.7 cm³/mol. The Balaban J connectivity index is 2.06. The molecule has 0 bridgehead atoms. The number of rotatable bonds is 7. The van der Waals surface area contributed by atoms with Crippen LogP contribution >= 0.6 is 0 Å². The van der Waals surface area contributed by atoms with E-state index < -0.39 is 17.4 Å². The van der Waals surface area contributed by atoms with Gasteiger partial charge in [-0.1, -0.05) is 12.1 Å². The first-order valence-corrected chi connectivity index (χ1v) is 7.55. The fraction of sp³-hybridized carbons (Fsp3) is 0.235. The van der Waals surface area contributed by atoms with Gasteiger partial charge in [-0.25, -0.2) is 0 Å². The normalized spacial score (nSPS) is 10.5. The topological polar surface area (TPSA) is 84.7 Å². The van der Waals surface area contributed by atoms with Crippen molar-refractivity contribution in [1.29, 1.82) is 0 Å². The lowest BCUT2D eigenvalue weighted by Crippen LogP contribution is -2.23. The van der Waals surface area contributed by atoms with Crippen molar-refractivity contribution < 1.29 is 23.2 Å². The minimum atomic E-state index is -2.90. The largest absolute Gasteiger partial charge is 0.435 e. The fourth-order valence-corrected chi connectivity index (χ4v) is 2.26. The van der Waals surface area contributed by atoms with E-state index in [1.165, 1.54) is 42.5 Å². The van der Waals surface area contributed by atoms with Crippen molar-refractivity contribution in [3.63, 3.8) is 0 Å². The van der Waals surface area contributed by atoms with Gasteiger partial charge in [-0.15, -0.1) is 0 Å². The third kappa shape index (κ3) is 4.88. The van der Waals surface area contributed by atoms with Gasteiger partial charge in [-0.2, -0.15) is 8.78 Å². The fourth-order valence-electron chi connectivity index (χ4n) is 2.26.